The Hall–Kier alpha value is -2.80. The van der Waals surface area contributed by atoms with Crippen molar-refractivity contribution in [1.29, 1.82) is 0 Å². The smallest absolute Gasteiger partial charge is 0.230 e. The Labute approximate surface area is 156 Å². The minimum Gasteiger partial charge on any atom is -0.496 e. The van der Waals surface area contributed by atoms with Crippen LogP contribution in [0.3, 0.4) is 0 Å². The van der Waals surface area contributed by atoms with Crippen molar-refractivity contribution in [2.45, 2.75) is 11.6 Å². The van der Waals surface area contributed by atoms with Crippen molar-refractivity contribution in [2.24, 2.45) is 0 Å². The predicted octanol–water partition coefficient (Wildman–Crippen LogP) is 2.93. The van der Waals surface area contributed by atoms with Crippen molar-refractivity contribution in [3.8, 4) is 17.1 Å². The topological polar surface area (TPSA) is 79.9 Å². The number of methoxy groups -OCH3 is 1. The number of benzene rings is 2. The van der Waals surface area contributed by atoms with E-state index < -0.39 is 0 Å². The van der Waals surface area contributed by atoms with E-state index in [1.165, 1.54) is 11.8 Å². The van der Waals surface area contributed by atoms with E-state index in [1.54, 1.807) is 7.11 Å². The lowest BCUT2D eigenvalue weighted by Crippen LogP contribution is -2.27. The number of H-pyrrole nitrogens is 1. The van der Waals surface area contributed by atoms with Gasteiger partial charge in [-0.25, -0.2) is 4.98 Å². The van der Waals surface area contributed by atoms with Crippen LogP contribution in [0.4, 0.5) is 0 Å². The number of aromatic nitrogens is 3. The summed E-state index contributed by atoms with van der Waals surface area (Å²) in [6, 6.07) is 17.6. The number of aromatic amines is 1. The van der Waals surface area contributed by atoms with E-state index in [-0.39, 0.29) is 11.7 Å². The Morgan fingerprint density at radius 3 is 2.73 bits per heavy atom. The van der Waals surface area contributed by atoms with Crippen LogP contribution in [-0.4, -0.2) is 40.5 Å². The molecule has 3 aromatic rings. The third kappa shape index (κ3) is 4.86. The van der Waals surface area contributed by atoms with Crippen LogP contribution in [-0.2, 0) is 11.2 Å². The van der Waals surface area contributed by atoms with Crippen molar-refractivity contribution in [3.63, 3.8) is 0 Å². The van der Waals surface area contributed by atoms with E-state index in [4.69, 9.17) is 4.74 Å². The minimum atomic E-state index is -0.0454. The number of amides is 1. The van der Waals surface area contributed by atoms with E-state index >= 15 is 0 Å². The van der Waals surface area contributed by atoms with Crippen molar-refractivity contribution in [3.05, 3.63) is 60.2 Å². The summed E-state index contributed by atoms with van der Waals surface area (Å²) in [4.78, 5) is 16.4. The number of hydrogen-bond acceptors (Lipinski definition) is 5. The second-order valence-electron chi connectivity index (χ2n) is 5.53. The molecule has 0 radical (unpaired) electrons. The molecular weight excluding hydrogens is 348 g/mol. The standard InChI is InChI=1S/C19H20N4O2S/c1-25-16-10-6-5-7-14(16)11-12-20-17(24)13-26-19-21-18(22-23-19)15-8-3-2-4-9-15/h2-10H,11-13H2,1H3,(H,20,24)(H,21,22,23). The van der Waals surface area contributed by atoms with Gasteiger partial charge in [0, 0.05) is 12.1 Å². The maximum absolute atomic E-state index is 12.0. The molecule has 3 rings (SSSR count). The average molecular weight is 368 g/mol. The van der Waals surface area contributed by atoms with Gasteiger partial charge < -0.3 is 10.1 Å². The second-order valence-corrected chi connectivity index (χ2v) is 6.48. The maximum Gasteiger partial charge on any atom is 0.230 e. The molecule has 134 valence electrons. The first-order valence-corrected chi connectivity index (χ1v) is 9.24. The van der Waals surface area contributed by atoms with E-state index in [1.807, 2.05) is 54.6 Å². The van der Waals surface area contributed by atoms with Gasteiger partial charge in [0.2, 0.25) is 11.1 Å². The molecule has 0 saturated carbocycles. The number of hydrogen-bond donors (Lipinski definition) is 2. The second kappa shape index (κ2) is 9.05. The zero-order chi connectivity index (χ0) is 18.2. The molecule has 2 N–H and O–H groups in total. The van der Waals surface area contributed by atoms with Gasteiger partial charge in [-0.05, 0) is 18.1 Å². The zero-order valence-corrected chi connectivity index (χ0v) is 15.3. The molecule has 0 bridgehead atoms. The fraction of sp³-hybridized carbons (Fsp3) is 0.211. The number of nitrogens with one attached hydrogen (secondary N) is 2. The Morgan fingerprint density at radius 1 is 1.15 bits per heavy atom. The summed E-state index contributed by atoms with van der Waals surface area (Å²) < 4.78 is 5.31. The van der Waals surface area contributed by atoms with Crippen LogP contribution in [0.2, 0.25) is 0 Å². The molecule has 6 nitrogen and oxygen atoms in total. The van der Waals surface area contributed by atoms with Crippen molar-refractivity contribution < 1.29 is 9.53 Å². The predicted molar refractivity (Wildman–Crippen MR) is 102 cm³/mol. The van der Waals surface area contributed by atoms with Crippen molar-refractivity contribution >= 4 is 17.7 Å². The number of carbonyl (C=O) groups excluding carboxylic acids is 1. The van der Waals surface area contributed by atoms with Crippen LogP contribution in [0.1, 0.15) is 5.56 Å². The van der Waals surface area contributed by atoms with Gasteiger partial charge in [0.1, 0.15) is 5.75 Å². The number of ether oxygens (including phenoxy) is 1. The minimum absolute atomic E-state index is 0.0454. The van der Waals surface area contributed by atoms with Gasteiger partial charge in [0.05, 0.1) is 12.9 Å². The van der Waals surface area contributed by atoms with E-state index in [2.05, 4.69) is 20.5 Å². The molecule has 0 unspecified atom stereocenters. The molecule has 0 aliphatic rings. The largest absolute Gasteiger partial charge is 0.496 e. The summed E-state index contributed by atoms with van der Waals surface area (Å²) in [6.07, 6.45) is 0.721. The summed E-state index contributed by atoms with van der Waals surface area (Å²) in [6.45, 7) is 0.559. The van der Waals surface area contributed by atoms with Gasteiger partial charge >= 0.3 is 0 Å². The van der Waals surface area contributed by atoms with E-state index in [0.717, 1.165) is 23.3 Å². The Kier molecular flexibility index (Phi) is 6.27. The van der Waals surface area contributed by atoms with Crippen LogP contribution in [0.15, 0.2) is 59.8 Å². The summed E-state index contributed by atoms with van der Waals surface area (Å²) in [5.41, 5.74) is 2.04. The molecule has 1 aromatic heterocycles. The molecule has 0 spiro atoms. The molecule has 0 aliphatic carbocycles. The van der Waals surface area contributed by atoms with Crippen molar-refractivity contribution in [2.75, 3.05) is 19.4 Å². The first-order valence-electron chi connectivity index (χ1n) is 8.25. The maximum atomic E-state index is 12.0. The summed E-state index contributed by atoms with van der Waals surface area (Å²) >= 11 is 1.31. The summed E-state index contributed by atoms with van der Waals surface area (Å²) in [7, 11) is 1.65. The van der Waals surface area contributed by atoms with Gasteiger partial charge in [-0.15, -0.1) is 5.10 Å². The van der Waals surface area contributed by atoms with Crippen LogP contribution < -0.4 is 10.1 Å². The number of thioether (sulfide) groups is 1. The van der Waals surface area contributed by atoms with Crippen molar-refractivity contribution in [1.82, 2.24) is 20.5 Å². The quantitative estimate of drug-likeness (QED) is 0.598. The first-order chi connectivity index (χ1) is 12.8. The van der Waals surface area contributed by atoms with Crippen LogP contribution in [0.25, 0.3) is 11.4 Å². The van der Waals surface area contributed by atoms with E-state index in [0.29, 0.717) is 17.5 Å². The number of rotatable bonds is 8. The lowest BCUT2D eigenvalue weighted by Gasteiger charge is -2.08. The third-order valence-electron chi connectivity index (χ3n) is 3.75. The Balaban J connectivity index is 1.44. The normalized spacial score (nSPS) is 10.5. The van der Waals surface area contributed by atoms with Gasteiger partial charge in [0.15, 0.2) is 5.82 Å². The first kappa shape index (κ1) is 18.0. The number of para-hydroxylation sites is 1. The Morgan fingerprint density at radius 2 is 1.92 bits per heavy atom. The molecule has 0 atom stereocenters. The van der Waals surface area contributed by atoms with Gasteiger partial charge in [0.25, 0.3) is 0 Å². The molecule has 2 aromatic carbocycles. The molecule has 0 fully saturated rings. The lowest BCUT2D eigenvalue weighted by molar-refractivity contribution is -0.118. The van der Waals surface area contributed by atoms with Gasteiger partial charge in [-0.3, -0.25) is 9.89 Å². The highest BCUT2D eigenvalue weighted by Crippen LogP contribution is 2.19. The lowest BCUT2D eigenvalue weighted by atomic mass is 10.1. The molecular formula is C19H20N4O2S. The summed E-state index contributed by atoms with van der Waals surface area (Å²) in [5.74, 6) is 1.77. The molecule has 7 heteroatoms. The van der Waals surface area contributed by atoms with Gasteiger partial charge in [-0.1, -0.05) is 60.3 Å². The fourth-order valence-corrected chi connectivity index (χ4v) is 3.09. The highest BCUT2D eigenvalue weighted by atomic mass is 32.2. The SMILES string of the molecule is COc1ccccc1CCNC(=O)CSc1n[nH]c(-c2ccccc2)n1. The molecule has 0 aliphatic heterocycles. The highest BCUT2D eigenvalue weighted by molar-refractivity contribution is 7.99. The van der Waals surface area contributed by atoms with Crippen LogP contribution in [0, 0.1) is 0 Å². The molecule has 26 heavy (non-hydrogen) atoms. The summed E-state index contributed by atoms with van der Waals surface area (Å²) in [5, 5.41) is 10.5. The molecule has 0 saturated heterocycles. The van der Waals surface area contributed by atoms with Crippen LogP contribution >= 0.6 is 11.8 Å². The number of nitrogens with zero attached hydrogens (tertiary/aromatic N) is 2. The third-order valence-corrected chi connectivity index (χ3v) is 4.60. The highest BCUT2D eigenvalue weighted by Gasteiger charge is 2.09. The zero-order valence-electron chi connectivity index (χ0n) is 14.4. The number of carbonyl (C=O) groups is 1. The fourth-order valence-electron chi connectivity index (χ4n) is 2.46. The molecule has 1 heterocycles. The molecule has 1 amide bonds. The monoisotopic (exact) mass is 368 g/mol. The van der Waals surface area contributed by atoms with Gasteiger partial charge in [-0.2, -0.15) is 0 Å². The van der Waals surface area contributed by atoms with E-state index in [9.17, 15) is 4.79 Å². The van der Waals surface area contributed by atoms with Crippen LogP contribution in [0.5, 0.6) is 5.75 Å². The average Bonchev–Trinajstić information content (AvgIpc) is 3.16. The Bertz CT molecular complexity index is 852.